The maximum absolute atomic E-state index is 12.9. The summed E-state index contributed by atoms with van der Waals surface area (Å²) in [5.74, 6) is 0.177. The van der Waals surface area contributed by atoms with Crippen LogP contribution in [0.2, 0.25) is 0 Å². The summed E-state index contributed by atoms with van der Waals surface area (Å²) in [7, 11) is 0. The number of hydrogen-bond donors (Lipinski definition) is 0. The predicted octanol–water partition coefficient (Wildman–Crippen LogP) is 5.64. The topological polar surface area (TPSA) is 33.2 Å². The number of Topliss-reactive ketones (excluding diaryl/α,β-unsaturated/α-hetero) is 1. The van der Waals surface area contributed by atoms with Crippen LogP contribution < -0.4 is 4.90 Å². The molecule has 0 N–H and O–H groups in total. The molecule has 3 heteroatoms. The first-order chi connectivity index (χ1) is 13.6. The van der Waals surface area contributed by atoms with Gasteiger partial charge >= 0.3 is 0 Å². The SMILES string of the molecule is CCN(CC)c1ccc(C(CC(=O)c2ccncc2)c2ccccc2C)cc1. The molecule has 0 aliphatic carbocycles. The molecule has 144 valence electrons. The van der Waals surface area contributed by atoms with Crippen LogP contribution in [0.25, 0.3) is 0 Å². The van der Waals surface area contributed by atoms with E-state index in [0.717, 1.165) is 13.1 Å². The Bertz CT molecular complexity index is 899. The van der Waals surface area contributed by atoms with Crippen molar-refractivity contribution in [2.45, 2.75) is 33.1 Å². The minimum atomic E-state index is 0.0348. The van der Waals surface area contributed by atoms with Gasteiger partial charge in [-0.2, -0.15) is 0 Å². The van der Waals surface area contributed by atoms with Crippen LogP contribution >= 0.6 is 0 Å². The minimum absolute atomic E-state index is 0.0348. The fourth-order valence-corrected chi connectivity index (χ4v) is 3.73. The fraction of sp³-hybridized carbons (Fsp3) is 0.280. The molecular weight excluding hydrogens is 344 g/mol. The number of hydrogen-bond acceptors (Lipinski definition) is 3. The van der Waals surface area contributed by atoms with Crippen LogP contribution in [0.5, 0.6) is 0 Å². The molecule has 3 aromatic rings. The van der Waals surface area contributed by atoms with E-state index in [4.69, 9.17) is 0 Å². The van der Waals surface area contributed by atoms with Crippen molar-refractivity contribution < 1.29 is 4.79 Å². The molecule has 1 aromatic heterocycles. The van der Waals surface area contributed by atoms with Gasteiger partial charge in [-0.1, -0.05) is 36.4 Å². The standard InChI is InChI=1S/C25H28N2O/c1-4-27(5-2)22-12-10-20(11-13-22)24(23-9-7-6-8-19(23)3)18-25(28)21-14-16-26-17-15-21/h6-17,24H,4-5,18H2,1-3H3. The van der Waals surface area contributed by atoms with Crippen LogP contribution in [-0.2, 0) is 0 Å². The molecule has 0 aliphatic rings. The number of pyridine rings is 1. The van der Waals surface area contributed by atoms with Gasteiger partial charge in [-0.05, 0) is 61.7 Å². The van der Waals surface area contributed by atoms with Gasteiger partial charge in [-0.3, -0.25) is 9.78 Å². The number of ketones is 1. The maximum atomic E-state index is 12.9. The van der Waals surface area contributed by atoms with Crippen molar-refractivity contribution in [3.05, 3.63) is 95.3 Å². The molecule has 0 amide bonds. The molecule has 3 rings (SSSR count). The zero-order valence-corrected chi connectivity index (χ0v) is 16.9. The molecule has 0 bridgehead atoms. The Hall–Kier alpha value is -2.94. The summed E-state index contributed by atoms with van der Waals surface area (Å²) in [5.41, 5.74) is 5.53. The lowest BCUT2D eigenvalue weighted by molar-refractivity contribution is 0.0977. The number of aryl methyl sites for hydroxylation is 1. The summed E-state index contributed by atoms with van der Waals surface area (Å²) in [4.78, 5) is 19.3. The number of benzene rings is 2. The second-order valence-corrected chi connectivity index (χ2v) is 7.04. The van der Waals surface area contributed by atoms with Gasteiger partial charge in [0, 0.05) is 49.1 Å². The Labute approximate surface area is 168 Å². The summed E-state index contributed by atoms with van der Waals surface area (Å²) >= 11 is 0. The van der Waals surface area contributed by atoms with Gasteiger partial charge in [-0.15, -0.1) is 0 Å². The van der Waals surface area contributed by atoms with Gasteiger partial charge < -0.3 is 4.90 Å². The van der Waals surface area contributed by atoms with Crippen LogP contribution in [0.15, 0.2) is 73.1 Å². The molecule has 2 aromatic carbocycles. The lowest BCUT2D eigenvalue weighted by Crippen LogP contribution is -2.21. The third kappa shape index (κ3) is 4.48. The van der Waals surface area contributed by atoms with Gasteiger partial charge in [-0.25, -0.2) is 0 Å². The molecule has 0 saturated carbocycles. The number of anilines is 1. The van der Waals surface area contributed by atoms with E-state index in [2.05, 4.69) is 73.1 Å². The highest BCUT2D eigenvalue weighted by atomic mass is 16.1. The number of aromatic nitrogens is 1. The van der Waals surface area contributed by atoms with Crippen LogP contribution in [0.4, 0.5) is 5.69 Å². The average molecular weight is 373 g/mol. The molecule has 1 heterocycles. The van der Waals surface area contributed by atoms with Gasteiger partial charge in [0.15, 0.2) is 5.78 Å². The van der Waals surface area contributed by atoms with Crippen molar-refractivity contribution in [2.75, 3.05) is 18.0 Å². The first kappa shape index (κ1) is 19.8. The lowest BCUT2D eigenvalue weighted by Gasteiger charge is -2.23. The monoisotopic (exact) mass is 372 g/mol. The Morgan fingerprint density at radius 1 is 0.929 bits per heavy atom. The van der Waals surface area contributed by atoms with Gasteiger partial charge in [0.2, 0.25) is 0 Å². The van der Waals surface area contributed by atoms with Crippen LogP contribution in [0.3, 0.4) is 0 Å². The molecule has 0 saturated heterocycles. The third-order valence-electron chi connectivity index (χ3n) is 5.38. The smallest absolute Gasteiger partial charge is 0.163 e. The molecule has 3 nitrogen and oxygen atoms in total. The van der Waals surface area contributed by atoms with Crippen LogP contribution in [-0.4, -0.2) is 23.9 Å². The van der Waals surface area contributed by atoms with Crippen molar-refractivity contribution in [3.63, 3.8) is 0 Å². The highest BCUT2D eigenvalue weighted by molar-refractivity contribution is 5.96. The van der Waals surface area contributed by atoms with Crippen molar-refractivity contribution >= 4 is 11.5 Å². The number of carbonyl (C=O) groups is 1. The van der Waals surface area contributed by atoms with E-state index in [-0.39, 0.29) is 11.7 Å². The average Bonchev–Trinajstić information content (AvgIpc) is 2.74. The summed E-state index contributed by atoms with van der Waals surface area (Å²) in [6, 6.07) is 20.6. The number of rotatable bonds is 8. The molecule has 0 spiro atoms. The van der Waals surface area contributed by atoms with Crippen molar-refractivity contribution in [2.24, 2.45) is 0 Å². The Kier molecular flexibility index (Phi) is 6.59. The quantitative estimate of drug-likeness (QED) is 0.480. The van der Waals surface area contributed by atoms with E-state index in [1.54, 1.807) is 24.5 Å². The molecule has 0 radical (unpaired) electrons. The Morgan fingerprint density at radius 3 is 2.18 bits per heavy atom. The minimum Gasteiger partial charge on any atom is -0.372 e. The third-order valence-corrected chi connectivity index (χ3v) is 5.38. The zero-order valence-electron chi connectivity index (χ0n) is 16.9. The van der Waals surface area contributed by atoms with Crippen molar-refractivity contribution in [3.8, 4) is 0 Å². The molecule has 0 aliphatic heterocycles. The second-order valence-electron chi connectivity index (χ2n) is 7.04. The van der Waals surface area contributed by atoms with E-state index < -0.39 is 0 Å². The Morgan fingerprint density at radius 2 is 1.57 bits per heavy atom. The highest BCUT2D eigenvalue weighted by Crippen LogP contribution is 2.32. The molecular formula is C25H28N2O. The normalized spacial score (nSPS) is 11.8. The van der Waals surface area contributed by atoms with Gasteiger partial charge in [0.25, 0.3) is 0 Å². The summed E-state index contributed by atoms with van der Waals surface area (Å²) in [6.07, 6.45) is 3.79. The largest absolute Gasteiger partial charge is 0.372 e. The van der Waals surface area contributed by atoms with E-state index in [1.807, 2.05) is 6.07 Å². The molecule has 1 atom stereocenters. The van der Waals surface area contributed by atoms with Crippen molar-refractivity contribution in [1.29, 1.82) is 0 Å². The molecule has 0 fully saturated rings. The summed E-state index contributed by atoms with van der Waals surface area (Å²) < 4.78 is 0. The lowest BCUT2D eigenvalue weighted by atomic mass is 9.84. The number of nitrogens with zero attached hydrogens (tertiary/aromatic N) is 2. The summed E-state index contributed by atoms with van der Waals surface area (Å²) in [5, 5.41) is 0. The predicted molar refractivity (Wildman–Crippen MR) is 116 cm³/mol. The van der Waals surface area contributed by atoms with E-state index in [0.29, 0.717) is 12.0 Å². The number of carbonyl (C=O) groups excluding carboxylic acids is 1. The highest BCUT2D eigenvalue weighted by Gasteiger charge is 2.21. The maximum Gasteiger partial charge on any atom is 0.163 e. The fourth-order valence-electron chi connectivity index (χ4n) is 3.73. The Balaban J connectivity index is 1.95. The van der Waals surface area contributed by atoms with E-state index in [9.17, 15) is 4.79 Å². The van der Waals surface area contributed by atoms with Gasteiger partial charge in [0.05, 0.1) is 0 Å². The van der Waals surface area contributed by atoms with Crippen LogP contribution in [0, 0.1) is 6.92 Å². The van der Waals surface area contributed by atoms with E-state index >= 15 is 0 Å². The van der Waals surface area contributed by atoms with E-state index in [1.165, 1.54) is 22.4 Å². The summed E-state index contributed by atoms with van der Waals surface area (Å²) in [6.45, 7) is 8.42. The molecule has 1 unspecified atom stereocenters. The first-order valence-electron chi connectivity index (χ1n) is 9.97. The zero-order chi connectivity index (χ0) is 19.9. The first-order valence-corrected chi connectivity index (χ1v) is 9.97. The van der Waals surface area contributed by atoms with Crippen LogP contribution in [0.1, 0.15) is 53.2 Å². The molecule has 28 heavy (non-hydrogen) atoms. The second kappa shape index (κ2) is 9.32. The van der Waals surface area contributed by atoms with Gasteiger partial charge in [0.1, 0.15) is 0 Å². The van der Waals surface area contributed by atoms with Crippen molar-refractivity contribution in [1.82, 2.24) is 4.98 Å².